The number of carbonyl (C=O) groups excluding carboxylic acids is 2. The highest BCUT2D eigenvalue weighted by Crippen LogP contribution is 2.14. The fourth-order valence-electron chi connectivity index (χ4n) is 3.47. The molecule has 8 heteroatoms. The van der Waals surface area contributed by atoms with E-state index in [9.17, 15) is 22.4 Å². The van der Waals surface area contributed by atoms with Crippen LogP contribution in [0.25, 0.3) is 0 Å². The lowest BCUT2D eigenvalue weighted by Crippen LogP contribution is -2.43. The van der Waals surface area contributed by atoms with Crippen molar-refractivity contribution < 1.29 is 22.4 Å². The Morgan fingerprint density at radius 3 is 2.11 bits per heavy atom. The van der Waals surface area contributed by atoms with Gasteiger partial charge in [-0.15, -0.1) is 0 Å². The largest absolute Gasteiger partial charge is 0.342 e. The summed E-state index contributed by atoms with van der Waals surface area (Å²) in [6, 6.07) is 19.5. The van der Waals surface area contributed by atoms with Gasteiger partial charge < -0.3 is 5.32 Å². The highest BCUT2D eigenvalue weighted by atomic mass is 32.2. The maximum absolute atomic E-state index is 13.2. The first kappa shape index (κ1) is 26.2. The van der Waals surface area contributed by atoms with Gasteiger partial charge in [-0.05, 0) is 67.3 Å². The van der Waals surface area contributed by atoms with Crippen LogP contribution < -0.4 is 10.0 Å². The number of amides is 1. The molecule has 0 aliphatic carbocycles. The summed E-state index contributed by atoms with van der Waals surface area (Å²) in [5.41, 5.74) is 1.76. The van der Waals surface area contributed by atoms with Gasteiger partial charge in [-0.1, -0.05) is 49.4 Å². The second-order valence-electron chi connectivity index (χ2n) is 8.44. The van der Waals surface area contributed by atoms with Gasteiger partial charge in [0.15, 0.2) is 5.78 Å². The SMILES string of the molecule is CC[C@@H](C)NS(=O)(=O)c1ccc(CC(=O)[C@H](Cc2ccccc2)NC(=O)c2ccc(F)cc2)cc1. The van der Waals surface area contributed by atoms with Crippen LogP contribution in [0.4, 0.5) is 4.39 Å². The summed E-state index contributed by atoms with van der Waals surface area (Å²) < 4.78 is 40.8. The molecule has 0 bridgehead atoms. The molecule has 6 nitrogen and oxygen atoms in total. The third-order valence-electron chi connectivity index (χ3n) is 5.66. The Morgan fingerprint density at radius 1 is 0.886 bits per heavy atom. The first-order chi connectivity index (χ1) is 16.7. The van der Waals surface area contributed by atoms with Crippen molar-refractivity contribution in [3.8, 4) is 0 Å². The Labute approximate surface area is 205 Å². The summed E-state index contributed by atoms with van der Waals surface area (Å²) in [5, 5.41) is 2.77. The van der Waals surface area contributed by atoms with Gasteiger partial charge in [-0.2, -0.15) is 0 Å². The standard InChI is InChI=1S/C27H29FN2O4S/c1-3-19(2)30-35(33,34)24-15-9-21(10-16-24)18-26(31)25(17-20-7-5-4-6-8-20)29-27(32)22-11-13-23(28)14-12-22/h4-16,19,25,30H,3,17-18H2,1-2H3,(H,29,32)/t19-,25+/m1/s1. The van der Waals surface area contributed by atoms with E-state index < -0.39 is 27.8 Å². The lowest BCUT2D eigenvalue weighted by molar-refractivity contribution is -0.120. The van der Waals surface area contributed by atoms with E-state index in [1.54, 1.807) is 19.1 Å². The minimum Gasteiger partial charge on any atom is -0.342 e. The Morgan fingerprint density at radius 2 is 1.51 bits per heavy atom. The molecular formula is C27H29FN2O4S. The topological polar surface area (TPSA) is 92.3 Å². The average molecular weight is 497 g/mol. The van der Waals surface area contributed by atoms with Gasteiger partial charge in [0.05, 0.1) is 10.9 Å². The highest BCUT2D eigenvalue weighted by molar-refractivity contribution is 7.89. The van der Waals surface area contributed by atoms with Crippen LogP contribution in [0.1, 0.15) is 41.8 Å². The molecule has 0 aliphatic rings. The van der Waals surface area contributed by atoms with Crippen molar-refractivity contribution in [2.45, 2.75) is 50.1 Å². The van der Waals surface area contributed by atoms with Crippen LogP contribution in [0.3, 0.4) is 0 Å². The molecule has 0 saturated carbocycles. The van der Waals surface area contributed by atoms with Gasteiger partial charge in [0.1, 0.15) is 5.82 Å². The molecule has 0 heterocycles. The van der Waals surface area contributed by atoms with Gasteiger partial charge in [0.2, 0.25) is 10.0 Å². The molecule has 2 N–H and O–H groups in total. The first-order valence-corrected chi connectivity index (χ1v) is 12.9. The van der Waals surface area contributed by atoms with Crippen LogP contribution in [0.15, 0.2) is 83.8 Å². The van der Waals surface area contributed by atoms with E-state index in [1.165, 1.54) is 36.4 Å². The summed E-state index contributed by atoms with van der Waals surface area (Å²) in [6.45, 7) is 3.68. The maximum atomic E-state index is 13.2. The van der Waals surface area contributed by atoms with Crippen molar-refractivity contribution in [2.24, 2.45) is 0 Å². The zero-order valence-corrected chi connectivity index (χ0v) is 20.5. The molecule has 0 aliphatic heterocycles. The van der Waals surface area contributed by atoms with Crippen molar-refractivity contribution in [3.05, 3.63) is 101 Å². The zero-order chi connectivity index (χ0) is 25.4. The summed E-state index contributed by atoms with van der Waals surface area (Å²) in [4.78, 5) is 26.0. The number of nitrogens with one attached hydrogen (secondary N) is 2. The number of hydrogen-bond donors (Lipinski definition) is 2. The second-order valence-corrected chi connectivity index (χ2v) is 10.2. The van der Waals surface area contributed by atoms with E-state index in [1.807, 2.05) is 37.3 Å². The van der Waals surface area contributed by atoms with Crippen LogP contribution in [-0.4, -0.2) is 32.2 Å². The number of benzene rings is 3. The fourth-order valence-corrected chi connectivity index (χ4v) is 4.79. The van der Waals surface area contributed by atoms with Crippen molar-refractivity contribution in [1.82, 2.24) is 10.0 Å². The van der Waals surface area contributed by atoms with Gasteiger partial charge in [0, 0.05) is 18.0 Å². The van der Waals surface area contributed by atoms with Crippen molar-refractivity contribution in [1.29, 1.82) is 0 Å². The van der Waals surface area contributed by atoms with Crippen LogP contribution >= 0.6 is 0 Å². The van der Waals surface area contributed by atoms with E-state index in [-0.39, 0.29) is 35.1 Å². The normalized spacial score (nSPS) is 13.1. The smallest absolute Gasteiger partial charge is 0.251 e. The molecule has 0 aromatic heterocycles. The molecular weight excluding hydrogens is 467 g/mol. The summed E-state index contributed by atoms with van der Waals surface area (Å²) >= 11 is 0. The second kappa shape index (κ2) is 11.9. The van der Waals surface area contributed by atoms with Crippen LogP contribution in [-0.2, 0) is 27.7 Å². The van der Waals surface area contributed by atoms with E-state index in [0.717, 1.165) is 5.56 Å². The van der Waals surface area contributed by atoms with Crippen molar-refractivity contribution in [3.63, 3.8) is 0 Å². The van der Waals surface area contributed by atoms with Crippen LogP contribution in [0.2, 0.25) is 0 Å². The van der Waals surface area contributed by atoms with Crippen LogP contribution in [0.5, 0.6) is 0 Å². The Bertz CT molecular complexity index is 1240. The summed E-state index contributed by atoms with van der Waals surface area (Å²) in [5.74, 6) is -1.15. The maximum Gasteiger partial charge on any atom is 0.251 e. The molecule has 0 unspecified atom stereocenters. The minimum absolute atomic E-state index is 0.0142. The molecule has 3 aromatic rings. The van der Waals surface area contributed by atoms with E-state index in [2.05, 4.69) is 10.0 Å². The van der Waals surface area contributed by atoms with Crippen molar-refractivity contribution in [2.75, 3.05) is 0 Å². The molecule has 3 rings (SSSR count). The third-order valence-corrected chi connectivity index (χ3v) is 7.27. The molecule has 0 fully saturated rings. The van der Waals surface area contributed by atoms with Gasteiger partial charge >= 0.3 is 0 Å². The van der Waals surface area contributed by atoms with E-state index in [0.29, 0.717) is 12.0 Å². The lowest BCUT2D eigenvalue weighted by Gasteiger charge is -2.18. The van der Waals surface area contributed by atoms with E-state index >= 15 is 0 Å². The van der Waals surface area contributed by atoms with Gasteiger partial charge in [0.25, 0.3) is 5.91 Å². The number of Topliss-reactive ketones (excluding diaryl/α,β-unsaturated/α-hetero) is 1. The molecule has 184 valence electrons. The number of sulfonamides is 1. The van der Waals surface area contributed by atoms with Gasteiger partial charge in [-0.3, -0.25) is 9.59 Å². The number of rotatable bonds is 11. The fraction of sp³-hybridized carbons (Fsp3) is 0.259. The van der Waals surface area contributed by atoms with Gasteiger partial charge in [-0.25, -0.2) is 17.5 Å². The Kier molecular flexibility index (Phi) is 8.89. The van der Waals surface area contributed by atoms with E-state index in [4.69, 9.17) is 0 Å². The first-order valence-electron chi connectivity index (χ1n) is 11.4. The molecule has 0 radical (unpaired) electrons. The predicted octanol–water partition coefficient (Wildman–Crippen LogP) is 4.06. The molecule has 2 atom stereocenters. The number of carbonyl (C=O) groups is 2. The molecule has 3 aromatic carbocycles. The minimum atomic E-state index is -3.64. The Balaban J connectivity index is 1.75. The Hall–Kier alpha value is -3.36. The molecule has 1 amide bonds. The number of halogens is 1. The molecule has 0 spiro atoms. The molecule has 35 heavy (non-hydrogen) atoms. The average Bonchev–Trinajstić information content (AvgIpc) is 2.84. The monoisotopic (exact) mass is 496 g/mol. The highest BCUT2D eigenvalue weighted by Gasteiger charge is 2.23. The molecule has 0 saturated heterocycles. The lowest BCUT2D eigenvalue weighted by atomic mass is 9.97. The third kappa shape index (κ3) is 7.56. The number of hydrogen-bond acceptors (Lipinski definition) is 4. The summed E-state index contributed by atoms with van der Waals surface area (Å²) in [6.07, 6.45) is 0.969. The summed E-state index contributed by atoms with van der Waals surface area (Å²) in [7, 11) is -3.64. The predicted molar refractivity (Wildman–Crippen MR) is 133 cm³/mol. The zero-order valence-electron chi connectivity index (χ0n) is 19.7. The van der Waals surface area contributed by atoms with Crippen molar-refractivity contribution >= 4 is 21.7 Å². The quantitative estimate of drug-likeness (QED) is 0.419. The van der Waals surface area contributed by atoms with Crippen LogP contribution in [0, 0.1) is 5.82 Å². The number of ketones is 1.